The zero-order valence-corrected chi connectivity index (χ0v) is 9.30. The first kappa shape index (κ1) is 11.6. The van der Waals surface area contributed by atoms with Crippen molar-refractivity contribution in [2.75, 3.05) is 19.7 Å². The van der Waals surface area contributed by atoms with Crippen molar-refractivity contribution in [2.24, 2.45) is 10.7 Å². The number of ether oxygens (including phenoxy) is 1. The van der Waals surface area contributed by atoms with Gasteiger partial charge in [-0.05, 0) is 17.7 Å². The molecule has 1 heterocycles. The van der Waals surface area contributed by atoms with Gasteiger partial charge in [0.2, 0.25) is 5.90 Å². The highest BCUT2D eigenvalue weighted by Gasteiger charge is 2.18. The van der Waals surface area contributed by atoms with E-state index in [9.17, 15) is 4.79 Å². The Hall–Kier alpha value is -1.88. The number of rotatable bonds is 4. The van der Waals surface area contributed by atoms with Gasteiger partial charge in [-0.15, -0.1) is 0 Å². The number of carboxylic acids is 1. The predicted molar refractivity (Wildman–Crippen MR) is 63.2 cm³/mol. The van der Waals surface area contributed by atoms with Gasteiger partial charge in [-0.2, -0.15) is 0 Å². The number of carboxylic acid groups (broad SMARTS) is 1. The fraction of sp³-hybridized carbons (Fsp3) is 0.333. The number of aliphatic carboxylic acids is 1. The van der Waals surface area contributed by atoms with Gasteiger partial charge in [-0.1, -0.05) is 12.1 Å². The minimum Gasteiger partial charge on any atom is -0.481 e. The van der Waals surface area contributed by atoms with Crippen LogP contribution in [0.3, 0.4) is 0 Å². The number of hydrogen-bond acceptors (Lipinski definition) is 4. The van der Waals surface area contributed by atoms with Crippen LogP contribution < -0.4 is 5.73 Å². The summed E-state index contributed by atoms with van der Waals surface area (Å²) in [5.41, 5.74) is 7.00. The van der Waals surface area contributed by atoms with Gasteiger partial charge in [-0.3, -0.25) is 4.79 Å². The van der Waals surface area contributed by atoms with Crippen LogP contribution in [-0.4, -0.2) is 36.7 Å². The summed E-state index contributed by atoms with van der Waals surface area (Å²) in [6, 6.07) is 7.13. The molecule has 90 valence electrons. The Balaban J connectivity index is 2.20. The van der Waals surface area contributed by atoms with E-state index in [-0.39, 0.29) is 6.54 Å². The van der Waals surface area contributed by atoms with E-state index >= 15 is 0 Å². The molecule has 0 spiro atoms. The highest BCUT2D eigenvalue weighted by molar-refractivity contribution is 5.95. The summed E-state index contributed by atoms with van der Waals surface area (Å²) >= 11 is 0. The van der Waals surface area contributed by atoms with Crippen molar-refractivity contribution in [3.8, 4) is 0 Å². The second kappa shape index (κ2) is 4.97. The summed E-state index contributed by atoms with van der Waals surface area (Å²) in [6.07, 6.45) is 0. The lowest BCUT2D eigenvalue weighted by atomic mass is 9.98. The molecular weight excluding hydrogens is 220 g/mol. The molecular formula is C12H14N2O3. The highest BCUT2D eigenvalue weighted by atomic mass is 16.5. The third-order valence-corrected chi connectivity index (χ3v) is 2.68. The maximum absolute atomic E-state index is 10.9. The smallest absolute Gasteiger partial charge is 0.312 e. The van der Waals surface area contributed by atoms with E-state index in [4.69, 9.17) is 15.6 Å². The average molecular weight is 234 g/mol. The Morgan fingerprint density at radius 3 is 2.65 bits per heavy atom. The summed E-state index contributed by atoms with van der Waals surface area (Å²) < 4.78 is 5.32. The van der Waals surface area contributed by atoms with Crippen LogP contribution in [0.5, 0.6) is 0 Å². The van der Waals surface area contributed by atoms with E-state index < -0.39 is 11.9 Å². The van der Waals surface area contributed by atoms with Crippen molar-refractivity contribution in [1.29, 1.82) is 0 Å². The molecule has 0 saturated carbocycles. The molecule has 0 aromatic heterocycles. The molecule has 0 amide bonds. The summed E-state index contributed by atoms with van der Waals surface area (Å²) in [6.45, 7) is 1.38. The van der Waals surface area contributed by atoms with Crippen molar-refractivity contribution >= 4 is 11.9 Å². The molecule has 1 aliphatic rings. The average Bonchev–Trinajstić information content (AvgIpc) is 2.84. The Morgan fingerprint density at radius 1 is 1.47 bits per heavy atom. The fourth-order valence-corrected chi connectivity index (χ4v) is 1.75. The van der Waals surface area contributed by atoms with Crippen LogP contribution in [-0.2, 0) is 9.53 Å². The van der Waals surface area contributed by atoms with Gasteiger partial charge in [0.25, 0.3) is 0 Å². The zero-order chi connectivity index (χ0) is 12.3. The van der Waals surface area contributed by atoms with Gasteiger partial charge < -0.3 is 15.6 Å². The van der Waals surface area contributed by atoms with Gasteiger partial charge in [0.05, 0.1) is 12.5 Å². The van der Waals surface area contributed by atoms with E-state index in [1.54, 1.807) is 12.1 Å². The number of benzene rings is 1. The lowest BCUT2D eigenvalue weighted by molar-refractivity contribution is -0.138. The molecule has 17 heavy (non-hydrogen) atoms. The van der Waals surface area contributed by atoms with Crippen molar-refractivity contribution in [1.82, 2.24) is 0 Å². The van der Waals surface area contributed by atoms with Gasteiger partial charge in [-0.25, -0.2) is 4.99 Å². The van der Waals surface area contributed by atoms with Crippen LogP contribution in [0.1, 0.15) is 17.0 Å². The van der Waals surface area contributed by atoms with Crippen LogP contribution in [0.2, 0.25) is 0 Å². The van der Waals surface area contributed by atoms with Crippen LogP contribution in [0.4, 0.5) is 0 Å². The molecule has 2 rings (SSSR count). The predicted octanol–water partition coefficient (Wildman–Crippen LogP) is 0.590. The standard InChI is InChI=1S/C12H14N2O3/c13-7-10(12(15)16)8-1-3-9(4-2-8)11-14-5-6-17-11/h1-4,10H,5-7,13H2,(H,15,16). The van der Waals surface area contributed by atoms with Crippen molar-refractivity contribution in [3.05, 3.63) is 35.4 Å². The number of aliphatic imine (C=N–C) groups is 1. The molecule has 0 bridgehead atoms. The number of carbonyl (C=O) groups is 1. The third-order valence-electron chi connectivity index (χ3n) is 2.68. The van der Waals surface area contributed by atoms with Crippen LogP contribution in [0.25, 0.3) is 0 Å². The quantitative estimate of drug-likeness (QED) is 0.798. The topological polar surface area (TPSA) is 84.9 Å². The molecule has 1 atom stereocenters. The minimum atomic E-state index is -0.908. The van der Waals surface area contributed by atoms with Crippen LogP contribution in [0.15, 0.2) is 29.3 Å². The first-order chi connectivity index (χ1) is 8.22. The van der Waals surface area contributed by atoms with Crippen molar-refractivity contribution in [3.63, 3.8) is 0 Å². The fourth-order valence-electron chi connectivity index (χ4n) is 1.75. The molecule has 1 aromatic carbocycles. The summed E-state index contributed by atoms with van der Waals surface area (Å²) in [5, 5.41) is 8.98. The van der Waals surface area contributed by atoms with Gasteiger partial charge in [0.15, 0.2) is 0 Å². The molecule has 5 heteroatoms. The van der Waals surface area contributed by atoms with E-state index in [2.05, 4.69) is 4.99 Å². The number of nitrogens with two attached hydrogens (primary N) is 1. The molecule has 0 radical (unpaired) electrons. The number of nitrogens with zero attached hydrogens (tertiary/aromatic N) is 1. The Morgan fingerprint density at radius 2 is 2.18 bits per heavy atom. The summed E-state index contributed by atoms with van der Waals surface area (Å²) in [5.74, 6) is -0.943. The summed E-state index contributed by atoms with van der Waals surface area (Å²) in [7, 11) is 0. The Labute approximate surface area is 98.9 Å². The molecule has 0 saturated heterocycles. The van der Waals surface area contributed by atoms with E-state index in [1.165, 1.54) is 0 Å². The Bertz CT molecular complexity index is 440. The second-order valence-electron chi connectivity index (χ2n) is 3.78. The molecule has 0 aliphatic carbocycles. The molecule has 1 aromatic rings. The van der Waals surface area contributed by atoms with Crippen LogP contribution in [0, 0.1) is 0 Å². The molecule has 3 N–H and O–H groups in total. The third kappa shape index (κ3) is 2.45. The SMILES string of the molecule is NCC(C(=O)O)c1ccc(C2=NCCO2)cc1. The Kier molecular flexibility index (Phi) is 3.39. The first-order valence-corrected chi connectivity index (χ1v) is 5.43. The first-order valence-electron chi connectivity index (χ1n) is 5.43. The molecule has 5 nitrogen and oxygen atoms in total. The van der Waals surface area contributed by atoms with Gasteiger partial charge in [0, 0.05) is 12.1 Å². The second-order valence-corrected chi connectivity index (χ2v) is 3.78. The van der Waals surface area contributed by atoms with Gasteiger partial charge in [0.1, 0.15) is 6.61 Å². The minimum absolute atomic E-state index is 0.0894. The van der Waals surface area contributed by atoms with E-state index in [1.807, 2.05) is 12.1 Å². The molecule has 1 unspecified atom stereocenters. The van der Waals surface area contributed by atoms with Crippen molar-refractivity contribution < 1.29 is 14.6 Å². The maximum Gasteiger partial charge on any atom is 0.312 e. The van der Waals surface area contributed by atoms with E-state index in [0.717, 1.165) is 5.56 Å². The largest absolute Gasteiger partial charge is 0.481 e. The maximum atomic E-state index is 10.9. The number of hydrogen-bond donors (Lipinski definition) is 2. The lowest BCUT2D eigenvalue weighted by Crippen LogP contribution is -2.21. The van der Waals surface area contributed by atoms with E-state index in [0.29, 0.717) is 24.6 Å². The normalized spacial score (nSPS) is 16.2. The van der Waals surface area contributed by atoms with Crippen molar-refractivity contribution in [2.45, 2.75) is 5.92 Å². The summed E-state index contributed by atoms with van der Waals surface area (Å²) in [4.78, 5) is 15.1. The monoisotopic (exact) mass is 234 g/mol. The lowest BCUT2D eigenvalue weighted by Gasteiger charge is -2.10. The van der Waals surface area contributed by atoms with Gasteiger partial charge >= 0.3 is 5.97 Å². The zero-order valence-electron chi connectivity index (χ0n) is 9.30. The molecule has 1 aliphatic heterocycles. The molecule has 0 fully saturated rings. The highest BCUT2D eigenvalue weighted by Crippen LogP contribution is 2.17. The van der Waals surface area contributed by atoms with Crippen LogP contribution >= 0.6 is 0 Å².